The molecule has 2 aromatic rings. The molecular weight excluding hydrogens is 503 g/mol. The van der Waals surface area contributed by atoms with Gasteiger partial charge in [-0.15, -0.1) is 0 Å². The van der Waals surface area contributed by atoms with E-state index in [-0.39, 0.29) is 34.4 Å². The number of aromatic hydroxyl groups is 1. The summed E-state index contributed by atoms with van der Waals surface area (Å²) >= 11 is 5.96. The number of fused-ring (bicyclic) bond motifs is 4. The Morgan fingerprint density at radius 1 is 1.03 bits per heavy atom. The minimum absolute atomic E-state index is 0.0720. The molecule has 190 valence electrons. The molecule has 2 aromatic carbocycles. The van der Waals surface area contributed by atoms with Crippen LogP contribution in [0.4, 0.5) is 10.1 Å². The van der Waals surface area contributed by atoms with E-state index in [0.717, 1.165) is 11.0 Å². The van der Waals surface area contributed by atoms with E-state index < -0.39 is 64.5 Å². The third-order valence-electron chi connectivity index (χ3n) is 8.66. The highest BCUT2D eigenvalue weighted by Gasteiger charge is 2.67. The molecule has 2 heterocycles. The number of nitrogens with zero attached hydrogens (tertiary/aromatic N) is 2. The fraction of sp³-hybridized carbons (Fsp3) is 0.333. The number of phenolic OH excluding ortho intramolecular Hbond substituents is 1. The van der Waals surface area contributed by atoms with Crippen LogP contribution in [0, 0.1) is 34.9 Å². The van der Waals surface area contributed by atoms with Gasteiger partial charge in [-0.3, -0.25) is 24.4 Å². The molecule has 6 rings (SSSR count). The first-order valence-electron chi connectivity index (χ1n) is 11.9. The summed E-state index contributed by atoms with van der Waals surface area (Å²) in [5.74, 6) is -7.20. The topological polar surface area (TPSA) is 115 Å². The lowest BCUT2D eigenvalue weighted by molar-refractivity contribution is -0.173. The summed E-state index contributed by atoms with van der Waals surface area (Å²) < 4.78 is 13.9. The average Bonchev–Trinajstić information content (AvgIpc) is 3.21. The van der Waals surface area contributed by atoms with E-state index >= 15 is 0 Å². The second-order valence-electron chi connectivity index (χ2n) is 10.3. The summed E-state index contributed by atoms with van der Waals surface area (Å²) in [5.41, 5.74) is -0.131. The van der Waals surface area contributed by atoms with Crippen molar-refractivity contribution < 1.29 is 33.9 Å². The maximum absolute atomic E-state index is 14.1. The fourth-order valence-electron chi connectivity index (χ4n) is 6.94. The Labute approximate surface area is 215 Å². The Morgan fingerprint density at radius 3 is 2.46 bits per heavy atom. The summed E-state index contributed by atoms with van der Waals surface area (Å²) in [5, 5.41) is 20.8. The van der Waals surface area contributed by atoms with Crippen LogP contribution in [0.3, 0.4) is 0 Å². The summed E-state index contributed by atoms with van der Waals surface area (Å²) in [7, 11) is 0. The second kappa shape index (κ2) is 7.97. The number of amides is 4. The van der Waals surface area contributed by atoms with Gasteiger partial charge in [0.25, 0.3) is 11.8 Å². The molecule has 0 aromatic heterocycles. The highest BCUT2D eigenvalue weighted by molar-refractivity contribution is 6.31. The van der Waals surface area contributed by atoms with E-state index in [0.29, 0.717) is 11.1 Å². The van der Waals surface area contributed by atoms with Gasteiger partial charge >= 0.3 is 0 Å². The summed E-state index contributed by atoms with van der Waals surface area (Å²) in [6, 6.07) is 10.1. The number of anilines is 1. The van der Waals surface area contributed by atoms with Crippen LogP contribution in [-0.2, 0) is 19.2 Å². The van der Waals surface area contributed by atoms with Crippen LogP contribution in [0.15, 0.2) is 54.1 Å². The number of halogens is 2. The molecule has 0 spiro atoms. The van der Waals surface area contributed by atoms with Gasteiger partial charge in [-0.1, -0.05) is 41.4 Å². The normalized spacial score (nSPS) is 32.9. The Morgan fingerprint density at radius 2 is 1.76 bits per heavy atom. The number of hydrogen-bond acceptors (Lipinski definition) is 6. The summed E-state index contributed by atoms with van der Waals surface area (Å²) in [6.45, 7) is 1.67. The molecule has 4 amide bonds. The van der Waals surface area contributed by atoms with Crippen molar-refractivity contribution in [3.05, 3.63) is 70.5 Å². The number of phenols is 1. The van der Waals surface area contributed by atoms with E-state index in [1.54, 1.807) is 25.1 Å². The van der Waals surface area contributed by atoms with Gasteiger partial charge in [0.2, 0.25) is 11.8 Å². The van der Waals surface area contributed by atoms with E-state index in [2.05, 4.69) is 0 Å². The molecule has 6 atom stereocenters. The molecule has 2 saturated heterocycles. The van der Waals surface area contributed by atoms with E-state index in [4.69, 9.17) is 11.6 Å². The number of allylic oxidation sites excluding steroid dienone is 2. The van der Waals surface area contributed by atoms with Crippen LogP contribution in [0.5, 0.6) is 5.75 Å². The third-order valence-corrected chi connectivity index (χ3v) is 8.95. The SMILES string of the molecule is C[C@@]12C(=O)N(c3ccc(F)c(Cl)c3)C(=O)[C@@H]1C[C@@H]1C(=CC[C@@H]3C(=O)N(O)C(=O)[C@@H]31)[C@@H]2c1ccccc1O. The highest BCUT2D eigenvalue weighted by atomic mass is 35.5. The van der Waals surface area contributed by atoms with Gasteiger partial charge in [0.05, 0.1) is 33.9 Å². The first kappa shape index (κ1) is 23.8. The Balaban J connectivity index is 1.54. The maximum Gasteiger partial charge on any atom is 0.257 e. The van der Waals surface area contributed by atoms with Gasteiger partial charge in [-0.2, -0.15) is 5.06 Å². The van der Waals surface area contributed by atoms with Crippen molar-refractivity contribution >= 4 is 40.9 Å². The predicted molar refractivity (Wildman–Crippen MR) is 128 cm³/mol. The van der Waals surface area contributed by atoms with Crippen molar-refractivity contribution in [1.29, 1.82) is 0 Å². The monoisotopic (exact) mass is 524 g/mol. The minimum atomic E-state index is -1.35. The van der Waals surface area contributed by atoms with Crippen LogP contribution in [0.2, 0.25) is 5.02 Å². The maximum atomic E-state index is 14.1. The van der Waals surface area contributed by atoms with Crippen molar-refractivity contribution in [2.45, 2.75) is 25.7 Å². The highest BCUT2D eigenvalue weighted by Crippen LogP contribution is 2.64. The number of carbonyl (C=O) groups is 4. The van der Waals surface area contributed by atoms with E-state index in [9.17, 15) is 33.9 Å². The van der Waals surface area contributed by atoms with Gasteiger partial charge in [-0.25, -0.2) is 9.29 Å². The molecule has 3 fully saturated rings. The van der Waals surface area contributed by atoms with Gasteiger partial charge in [-0.05, 0) is 49.9 Å². The van der Waals surface area contributed by atoms with Crippen LogP contribution < -0.4 is 4.90 Å². The van der Waals surface area contributed by atoms with Crippen LogP contribution >= 0.6 is 11.6 Å². The zero-order chi connectivity index (χ0) is 26.4. The summed E-state index contributed by atoms with van der Waals surface area (Å²) in [4.78, 5) is 54.5. The molecule has 4 aliphatic rings. The number of imide groups is 2. The Bertz CT molecular complexity index is 1440. The Hall–Kier alpha value is -3.56. The number of para-hydroxylation sites is 1. The number of rotatable bonds is 2. The van der Waals surface area contributed by atoms with Gasteiger partial charge in [0.15, 0.2) is 0 Å². The molecule has 1 saturated carbocycles. The van der Waals surface area contributed by atoms with E-state index in [1.165, 1.54) is 18.2 Å². The fourth-order valence-corrected chi connectivity index (χ4v) is 7.12. The molecule has 8 nitrogen and oxygen atoms in total. The molecular formula is C27H22ClFN2O6. The smallest absolute Gasteiger partial charge is 0.257 e. The van der Waals surface area contributed by atoms with Gasteiger partial charge in [0.1, 0.15) is 11.6 Å². The van der Waals surface area contributed by atoms with Gasteiger partial charge in [0, 0.05) is 11.5 Å². The first-order chi connectivity index (χ1) is 17.6. The van der Waals surface area contributed by atoms with Gasteiger partial charge < -0.3 is 5.11 Å². The van der Waals surface area contributed by atoms with Crippen molar-refractivity contribution in [3.63, 3.8) is 0 Å². The number of hydroxylamine groups is 2. The molecule has 0 radical (unpaired) electrons. The first-order valence-corrected chi connectivity index (χ1v) is 12.3. The average molecular weight is 525 g/mol. The number of benzene rings is 2. The van der Waals surface area contributed by atoms with Crippen LogP contribution in [-0.4, -0.2) is 39.0 Å². The summed E-state index contributed by atoms with van der Waals surface area (Å²) in [6.07, 6.45) is 2.09. The van der Waals surface area contributed by atoms with Crippen molar-refractivity contribution in [3.8, 4) is 5.75 Å². The largest absolute Gasteiger partial charge is 0.508 e. The second-order valence-corrected chi connectivity index (χ2v) is 10.7. The number of hydrogen-bond donors (Lipinski definition) is 2. The quantitative estimate of drug-likeness (QED) is 0.351. The van der Waals surface area contributed by atoms with Crippen molar-refractivity contribution in [1.82, 2.24) is 5.06 Å². The standard InChI is InChI=1S/C27H22ClFN2O6/c1-27-17(24(34)30(26(27)36)12-6-9-19(29)18(28)10-12)11-16-13(22(27)14-4-2-3-5-20(14)32)7-8-15-21(16)25(35)31(37)23(15)33/h2-7,9-10,15-17,21-22,32,37H,8,11H2,1H3/t15-,16+,17-,21-,22+,27+/m0/s1. The molecule has 10 heteroatoms. The van der Waals surface area contributed by atoms with E-state index in [1.807, 2.05) is 6.08 Å². The lowest BCUT2D eigenvalue weighted by atomic mass is 9.51. The molecule has 37 heavy (non-hydrogen) atoms. The van der Waals surface area contributed by atoms with Crippen LogP contribution in [0.25, 0.3) is 0 Å². The zero-order valence-electron chi connectivity index (χ0n) is 19.6. The predicted octanol–water partition coefficient (Wildman–Crippen LogP) is 3.80. The molecule has 0 bridgehead atoms. The molecule has 0 unspecified atom stereocenters. The zero-order valence-corrected chi connectivity index (χ0v) is 20.4. The van der Waals surface area contributed by atoms with Crippen LogP contribution in [0.1, 0.15) is 31.2 Å². The van der Waals surface area contributed by atoms with Crippen molar-refractivity contribution in [2.75, 3.05) is 4.90 Å². The Kier molecular flexibility index (Phi) is 5.13. The lowest BCUT2D eigenvalue weighted by Gasteiger charge is -2.49. The lowest BCUT2D eigenvalue weighted by Crippen LogP contribution is -2.48. The third kappa shape index (κ3) is 3.04. The molecule has 2 aliphatic heterocycles. The molecule has 2 aliphatic carbocycles. The number of carbonyl (C=O) groups excluding carboxylic acids is 4. The van der Waals surface area contributed by atoms with Crippen molar-refractivity contribution in [2.24, 2.45) is 29.1 Å². The minimum Gasteiger partial charge on any atom is -0.508 e. The molecule has 2 N–H and O–H groups in total.